The summed E-state index contributed by atoms with van der Waals surface area (Å²) in [6.07, 6.45) is 5.21. The van der Waals surface area contributed by atoms with E-state index in [1.165, 1.54) is 18.5 Å². The lowest BCUT2D eigenvalue weighted by Crippen LogP contribution is -2.23. The summed E-state index contributed by atoms with van der Waals surface area (Å²) < 4.78 is 2.03. The first-order valence-corrected chi connectivity index (χ1v) is 7.10. The van der Waals surface area contributed by atoms with E-state index in [0.29, 0.717) is 17.7 Å². The standard InChI is InChI=1S/C16H16N4O/c17-9-12-4-3-5-13(8-12)16(21)18-10-14-11-19-20-7-2-1-6-15(14)20/h3-5,8,11H,1-2,6-7,10H2,(H,18,21). The molecule has 1 aliphatic rings. The number of carbonyl (C=O) groups is 1. The monoisotopic (exact) mass is 280 g/mol. The molecule has 0 spiro atoms. The summed E-state index contributed by atoms with van der Waals surface area (Å²) in [7, 11) is 0. The number of nitrogens with one attached hydrogen (secondary N) is 1. The lowest BCUT2D eigenvalue weighted by Gasteiger charge is -2.15. The van der Waals surface area contributed by atoms with Crippen LogP contribution in [0.3, 0.4) is 0 Å². The second-order valence-corrected chi connectivity index (χ2v) is 5.17. The predicted octanol–water partition coefficient (Wildman–Crippen LogP) is 2.02. The van der Waals surface area contributed by atoms with Crippen LogP contribution in [0.5, 0.6) is 0 Å². The van der Waals surface area contributed by atoms with E-state index in [1.54, 1.807) is 24.3 Å². The van der Waals surface area contributed by atoms with Crippen molar-refractivity contribution in [1.29, 1.82) is 5.26 Å². The van der Waals surface area contributed by atoms with E-state index in [1.807, 2.05) is 16.9 Å². The van der Waals surface area contributed by atoms with Crippen molar-refractivity contribution in [3.05, 3.63) is 52.8 Å². The van der Waals surface area contributed by atoms with Crippen LogP contribution >= 0.6 is 0 Å². The molecule has 3 rings (SSSR count). The van der Waals surface area contributed by atoms with Crippen molar-refractivity contribution < 1.29 is 4.79 Å². The second-order valence-electron chi connectivity index (χ2n) is 5.17. The van der Waals surface area contributed by atoms with Gasteiger partial charge < -0.3 is 5.32 Å². The third-order valence-corrected chi connectivity index (χ3v) is 3.76. The summed E-state index contributed by atoms with van der Waals surface area (Å²) in [6.45, 7) is 1.44. The first-order valence-electron chi connectivity index (χ1n) is 7.10. The fourth-order valence-corrected chi connectivity index (χ4v) is 2.64. The largest absolute Gasteiger partial charge is 0.348 e. The number of aryl methyl sites for hydroxylation is 1. The molecule has 0 radical (unpaired) electrons. The number of nitriles is 1. The Morgan fingerprint density at radius 1 is 1.43 bits per heavy atom. The second kappa shape index (κ2) is 5.80. The van der Waals surface area contributed by atoms with E-state index in [9.17, 15) is 4.79 Å². The van der Waals surface area contributed by atoms with Crippen LogP contribution in [0.15, 0.2) is 30.5 Å². The predicted molar refractivity (Wildman–Crippen MR) is 77.5 cm³/mol. The molecule has 1 N–H and O–H groups in total. The Balaban J connectivity index is 1.68. The highest BCUT2D eigenvalue weighted by Gasteiger charge is 2.15. The molecule has 0 fully saturated rings. The molecule has 1 aliphatic heterocycles. The van der Waals surface area contributed by atoms with Crippen molar-refractivity contribution >= 4 is 5.91 Å². The lowest BCUT2D eigenvalue weighted by molar-refractivity contribution is 0.0951. The average molecular weight is 280 g/mol. The molecule has 1 amide bonds. The van der Waals surface area contributed by atoms with Gasteiger partial charge in [0.1, 0.15) is 0 Å². The molecule has 0 bridgehead atoms. The van der Waals surface area contributed by atoms with Crippen LogP contribution in [0.4, 0.5) is 0 Å². The normalized spacial score (nSPS) is 13.3. The van der Waals surface area contributed by atoms with Crippen molar-refractivity contribution in [2.45, 2.75) is 32.4 Å². The molecule has 1 aromatic carbocycles. The van der Waals surface area contributed by atoms with Gasteiger partial charge in [-0.15, -0.1) is 0 Å². The number of carbonyl (C=O) groups excluding carboxylic acids is 1. The zero-order chi connectivity index (χ0) is 14.7. The van der Waals surface area contributed by atoms with Gasteiger partial charge in [0.05, 0.1) is 17.8 Å². The molecule has 2 aromatic rings. The molecule has 0 saturated carbocycles. The Bertz CT molecular complexity index is 711. The summed E-state index contributed by atoms with van der Waals surface area (Å²) in [4.78, 5) is 12.1. The van der Waals surface area contributed by atoms with Gasteiger partial charge in [-0.1, -0.05) is 6.07 Å². The summed E-state index contributed by atoms with van der Waals surface area (Å²) in [5.41, 5.74) is 3.31. The van der Waals surface area contributed by atoms with Crippen LogP contribution in [-0.4, -0.2) is 15.7 Å². The van der Waals surface area contributed by atoms with E-state index in [-0.39, 0.29) is 5.91 Å². The molecule has 1 aromatic heterocycles. The zero-order valence-corrected chi connectivity index (χ0v) is 11.7. The number of hydrogen-bond acceptors (Lipinski definition) is 3. The number of amides is 1. The topological polar surface area (TPSA) is 70.7 Å². The van der Waals surface area contributed by atoms with Gasteiger partial charge in [0.25, 0.3) is 5.91 Å². The summed E-state index contributed by atoms with van der Waals surface area (Å²) in [5, 5.41) is 16.1. The van der Waals surface area contributed by atoms with E-state index in [0.717, 1.165) is 18.5 Å². The minimum atomic E-state index is -0.164. The van der Waals surface area contributed by atoms with Crippen molar-refractivity contribution in [2.24, 2.45) is 0 Å². The van der Waals surface area contributed by atoms with Gasteiger partial charge in [0.15, 0.2) is 0 Å². The summed E-state index contributed by atoms with van der Waals surface area (Å²) in [6, 6.07) is 8.75. The van der Waals surface area contributed by atoms with Crippen molar-refractivity contribution in [1.82, 2.24) is 15.1 Å². The number of hydrogen-bond donors (Lipinski definition) is 1. The van der Waals surface area contributed by atoms with Gasteiger partial charge >= 0.3 is 0 Å². The maximum atomic E-state index is 12.1. The molecule has 0 atom stereocenters. The number of rotatable bonds is 3. The van der Waals surface area contributed by atoms with Gasteiger partial charge in [-0.2, -0.15) is 10.4 Å². The Morgan fingerprint density at radius 3 is 3.19 bits per heavy atom. The summed E-state index contributed by atoms with van der Waals surface area (Å²) >= 11 is 0. The lowest BCUT2D eigenvalue weighted by atomic mass is 10.1. The highest BCUT2D eigenvalue weighted by atomic mass is 16.1. The minimum Gasteiger partial charge on any atom is -0.348 e. The van der Waals surface area contributed by atoms with Gasteiger partial charge in [-0.05, 0) is 37.5 Å². The van der Waals surface area contributed by atoms with Crippen LogP contribution in [0.2, 0.25) is 0 Å². The minimum absolute atomic E-state index is 0.164. The van der Waals surface area contributed by atoms with Crippen molar-refractivity contribution in [3.8, 4) is 6.07 Å². The zero-order valence-electron chi connectivity index (χ0n) is 11.7. The van der Waals surface area contributed by atoms with Gasteiger partial charge in [0.2, 0.25) is 0 Å². The third kappa shape index (κ3) is 2.79. The number of benzene rings is 1. The Morgan fingerprint density at radius 2 is 2.33 bits per heavy atom. The van der Waals surface area contributed by atoms with Gasteiger partial charge in [-0.25, -0.2) is 0 Å². The highest BCUT2D eigenvalue weighted by Crippen LogP contribution is 2.18. The molecule has 5 nitrogen and oxygen atoms in total. The van der Waals surface area contributed by atoms with E-state index < -0.39 is 0 Å². The van der Waals surface area contributed by atoms with Gasteiger partial charge in [0, 0.05) is 29.9 Å². The van der Waals surface area contributed by atoms with E-state index in [4.69, 9.17) is 5.26 Å². The SMILES string of the molecule is N#Cc1cccc(C(=O)NCc2cnn3c2CCCC3)c1. The Labute approximate surface area is 123 Å². The molecule has 2 heterocycles. The van der Waals surface area contributed by atoms with Crippen LogP contribution in [0, 0.1) is 11.3 Å². The first-order chi connectivity index (χ1) is 10.3. The maximum absolute atomic E-state index is 12.1. The molecular formula is C16H16N4O. The molecule has 21 heavy (non-hydrogen) atoms. The molecule has 0 saturated heterocycles. The van der Waals surface area contributed by atoms with Crippen LogP contribution in [0.1, 0.15) is 40.0 Å². The average Bonchev–Trinajstić information content (AvgIpc) is 2.96. The molecule has 106 valence electrons. The van der Waals surface area contributed by atoms with E-state index >= 15 is 0 Å². The fraction of sp³-hybridized carbons (Fsp3) is 0.312. The molecule has 0 aliphatic carbocycles. The van der Waals surface area contributed by atoms with Crippen molar-refractivity contribution in [3.63, 3.8) is 0 Å². The third-order valence-electron chi connectivity index (χ3n) is 3.76. The van der Waals surface area contributed by atoms with Crippen LogP contribution in [0.25, 0.3) is 0 Å². The number of aromatic nitrogens is 2. The van der Waals surface area contributed by atoms with E-state index in [2.05, 4.69) is 10.4 Å². The van der Waals surface area contributed by atoms with Crippen molar-refractivity contribution in [2.75, 3.05) is 0 Å². The first kappa shape index (κ1) is 13.4. The Hall–Kier alpha value is -2.61. The number of nitrogens with zero attached hydrogens (tertiary/aromatic N) is 3. The maximum Gasteiger partial charge on any atom is 0.251 e. The number of fused-ring (bicyclic) bond motifs is 1. The fourth-order valence-electron chi connectivity index (χ4n) is 2.64. The summed E-state index contributed by atoms with van der Waals surface area (Å²) in [5.74, 6) is -0.164. The smallest absolute Gasteiger partial charge is 0.251 e. The van der Waals surface area contributed by atoms with Crippen LogP contribution in [-0.2, 0) is 19.5 Å². The Kier molecular flexibility index (Phi) is 3.69. The quantitative estimate of drug-likeness (QED) is 0.935. The molecular weight excluding hydrogens is 264 g/mol. The molecule has 5 heteroatoms. The van der Waals surface area contributed by atoms with Gasteiger partial charge in [-0.3, -0.25) is 9.48 Å². The van der Waals surface area contributed by atoms with Crippen LogP contribution < -0.4 is 5.32 Å². The highest BCUT2D eigenvalue weighted by molar-refractivity contribution is 5.94. The molecule has 0 unspecified atom stereocenters.